The summed E-state index contributed by atoms with van der Waals surface area (Å²) in [6.07, 6.45) is 5.72. The van der Waals surface area contributed by atoms with Crippen molar-refractivity contribution in [3.8, 4) is 0 Å². The molecule has 27 heavy (non-hydrogen) atoms. The van der Waals surface area contributed by atoms with E-state index in [0.29, 0.717) is 22.8 Å². The summed E-state index contributed by atoms with van der Waals surface area (Å²) in [7, 11) is 1.89. The van der Waals surface area contributed by atoms with E-state index in [9.17, 15) is 9.59 Å². The van der Waals surface area contributed by atoms with Gasteiger partial charge in [-0.2, -0.15) is 0 Å². The monoisotopic (exact) mass is 399 g/mol. The van der Waals surface area contributed by atoms with Crippen LogP contribution in [0.2, 0.25) is 0 Å². The molecule has 2 N–H and O–H groups in total. The molecule has 7 heteroatoms. The molecule has 3 heterocycles. The lowest BCUT2D eigenvalue weighted by atomic mass is 9.95. The lowest BCUT2D eigenvalue weighted by Crippen LogP contribution is -2.26. The van der Waals surface area contributed by atoms with Crippen LogP contribution >= 0.6 is 22.7 Å². The van der Waals surface area contributed by atoms with Gasteiger partial charge in [-0.1, -0.05) is 6.08 Å². The third-order valence-corrected chi connectivity index (χ3v) is 6.99. The van der Waals surface area contributed by atoms with Crippen molar-refractivity contribution in [3.05, 3.63) is 51.9 Å². The van der Waals surface area contributed by atoms with Crippen molar-refractivity contribution in [1.29, 1.82) is 0 Å². The summed E-state index contributed by atoms with van der Waals surface area (Å²) in [6, 6.07) is 3.91. The first-order valence-corrected chi connectivity index (χ1v) is 10.7. The summed E-state index contributed by atoms with van der Waals surface area (Å²) in [4.78, 5) is 26.9. The highest BCUT2D eigenvalue weighted by atomic mass is 32.1. The van der Waals surface area contributed by atoms with Crippen LogP contribution in [-0.4, -0.2) is 22.9 Å². The van der Waals surface area contributed by atoms with Gasteiger partial charge in [0, 0.05) is 18.5 Å². The topological polar surface area (TPSA) is 63.1 Å². The van der Waals surface area contributed by atoms with E-state index in [2.05, 4.69) is 17.2 Å². The Hall–Kier alpha value is -2.38. The largest absolute Gasteiger partial charge is 0.348 e. The lowest BCUT2D eigenvalue weighted by Gasteiger charge is -2.13. The van der Waals surface area contributed by atoms with Gasteiger partial charge >= 0.3 is 0 Å². The maximum absolute atomic E-state index is 12.9. The average molecular weight is 400 g/mol. The molecule has 0 saturated carbocycles. The van der Waals surface area contributed by atoms with Gasteiger partial charge in [-0.15, -0.1) is 29.3 Å². The number of carbonyl (C=O) groups is 2. The number of thiophene rings is 2. The summed E-state index contributed by atoms with van der Waals surface area (Å²) >= 11 is 3.15. The van der Waals surface area contributed by atoms with Crippen LogP contribution in [0.4, 0.5) is 5.00 Å². The summed E-state index contributed by atoms with van der Waals surface area (Å²) < 4.78 is 2.98. The van der Waals surface area contributed by atoms with Gasteiger partial charge in [0.15, 0.2) is 0 Å². The molecule has 2 amide bonds. The number of anilines is 1. The molecule has 0 bridgehead atoms. The molecule has 3 aromatic heterocycles. The SMILES string of the molecule is C=CCNC(=O)c1c(NC(=O)c2cc3sccc3n2C)sc2c1CCCC2. The maximum Gasteiger partial charge on any atom is 0.272 e. The van der Waals surface area contributed by atoms with Crippen molar-refractivity contribution < 1.29 is 9.59 Å². The molecule has 3 aromatic rings. The van der Waals surface area contributed by atoms with Crippen LogP contribution in [-0.2, 0) is 19.9 Å². The van der Waals surface area contributed by atoms with Crippen LogP contribution in [0.5, 0.6) is 0 Å². The Labute approximate surface area is 165 Å². The van der Waals surface area contributed by atoms with E-state index in [0.717, 1.165) is 41.5 Å². The first-order valence-electron chi connectivity index (χ1n) is 8.98. The minimum atomic E-state index is -0.183. The molecule has 1 aliphatic rings. The molecule has 0 aromatic carbocycles. The summed E-state index contributed by atoms with van der Waals surface area (Å²) in [5, 5.41) is 8.54. The second kappa shape index (κ2) is 7.32. The fourth-order valence-electron chi connectivity index (χ4n) is 3.58. The highest BCUT2D eigenvalue weighted by Crippen LogP contribution is 2.38. The molecule has 0 spiro atoms. The van der Waals surface area contributed by atoms with Crippen LogP contribution in [0.15, 0.2) is 30.2 Å². The van der Waals surface area contributed by atoms with E-state index in [-0.39, 0.29) is 11.8 Å². The number of carbonyl (C=O) groups excluding carboxylic acids is 2. The minimum absolute atomic E-state index is 0.141. The van der Waals surface area contributed by atoms with E-state index in [1.165, 1.54) is 16.2 Å². The van der Waals surface area contributed by atoms with Crippen molar-refractivity contribution >= 4 is 49.7 Å². The number of rotatable bonds is 5. The molecule has 0 radical (unpaired) electrons. The van der Waals surface area contributed by atoms with Gasteiger partial charge in [0.25, 0.3) is 11.8 Å². The Balaban J connectivity index is 1.68. The van der Waals surface area contributed by atoms with Gasteiger partial charge in [-0.25, -0.2) is 0 Å². The molecule has 1 aliphatic carbocycles. The van der Waals surface area contributed by atoms with E-state index < -0.39 is 0 Å². The van der Waals surface area contributed by atoms with Crippen molar-refractivity contribution in [1.82, 2.24) is 9.88 Å². The number of aryl methyl sites for hydroxylation is 2. The highest BCUT2D eigenvalue weighted by molar-refractivity contribution is 7.17. The fraction of sp³-hybridized carbons (Fsp3) is 0.300. The number of amides is 2. The molecule has 0 saturated heterocycles. The van der Waals surface area contributed by atoms with Crippen molar-refractivity contribution in [2.24, 2.45) is 7.05 Å². The Morgan fingerprint density at radius 3 is 2.89 bits per heavy atom. The van der Waals surface area contributed by atoms with E-state index >= 15 is 0 Å². The van der Waals surface area contributed by atoms with Crippen LogP contribution in [0.1, 0.15) is 44.1 Å². The molecular formula is C20H21N3O2S2. The van der Waals surface area contributed by atoms with Gasteiger partial charge in [0.05, 0.1) is 15.8 Å². The Morgan fingerprint density at radius 1 is 1.30 bits per heavy atom. The van der Waals surface area contributed by atoms with Crippen molar-refractivity contribution in [3.63, 3.8) is 0 Å². The Bertz CT molecular complexity index is 1040. The van der Waals surface area contributed by atoms with E-state index in [1.54, 1.807) is 17.4 Å². The van der Waals surface area contributed by atoms with Gasteiger partial charge < -0.3 is 15.2 Å². The summed E-state index contributed by atoms with van der Waals surface area (Å²) in [5.74, 6) is -0.324. The molecule has 0 unspecified atom stereocenters. The van der Waals surface area contributed by atoms with Crippen LogP contribution in [0.3, 0.4) is 0 Å². The average Bonchev–Trinajstić information content (AvgIpc) is 3.34. The van der Waals surface area contributed by atoms with E-state index in [4.69, 9.17) is 0 Å². The predicted molar refractivity (Wildman–Crippen MR) is 112 cm³/mol. The number of hydrogen-bond donors (Lipinski definition) is 2. The third-order valence-electron chi connectivity index (χ3n) is 4.93. The quantitative estimate of drug-likeness (QED) is 0.627. The van der Waals surface area contributed by atoms with E-state index in [1.807, 2.05) is 29.1 Å². The Kier molecular flexibility index (Phi) is 4.88. The maximum atomic E-state index is 12.9. The normalized spacial score (nSPS) is 13.4. The fourth-order valence-corrected chi connectivity index (χ4v) is 5.71. The van der Waals surface area contributed by atoms with Gasteiger partial charge in [0.2, 0.25) is 0 Å². The van der Waals surface area contributed by atoms with Crippen LogP contribution in [0.25, 0.3) is 10.2 Å². The third kappa shape index (κ3) is 3.21. The first kappa shape index (κ1) is 18.0. The molecule has 0 fully saturated rings. The number of fused-ring (bicyclic) bond motifs is 2. The number of nitrogens with zero attached hydrogens (tertiary/aromatic N) is 1. The summed E-state index contributed by atoms with van der Waals surface area (Å²) in [5.41, 5.74) is 3.36. The molecule has 0 aliphatic heterocycles. The number of hydrogen-bond acceptors (Lipinski definition) is 4. The zero-order valence-electron chi connectivity index (χ0n) is 15.1. The van der Waals surface area contributed by atoms with Crippen LogP contribution in [0, 0.1) is 0 Å². The number of nitrogens with one attached hydrogen (secondary N) is 2. The number of aromatic nitrogens is 1. The van der Waals surface area contributed by atoms with Crippen molar-refractivity contribution in [2.75, 3.05) is 11.9 Å². The van der Waals surface area contributed by atoms with Crippen LogP contribution < -0.4 is 10.6 Å². The first-order chi connectivity index (χ1) is 13.1. The second-order valence-corrected chi connectivity index (χ2v) is 8.68. The summed E-state index contributed by atoms with van der Waals surface area (Å²) in [6.45, 7) is 4.06. The molecular weight excluding hydrogens is 378 g/mol. The van der Waals surface area contributed by atoms with Gasteiger partial charge in [-0.05, 0) is 48.8 Å². The highest BCUT2D eigenvalue weighted by Gasteiger charge is 2.27. The molecule has 4 rings (SSSR count). The molecule has 5 nitrogen and oxygen atoms in total. The minimum Gasteiger partial charge on any atom is -0.348 e. The Morgan fingerprint density at radius 2 is 2.11 bits per heavy atom. The molecule has 140 valence electrons. The van der Waals surface area contributed by atoms with Gasteiger partial charge in [0.1, 0.15) is 10.7 Å². The zero-order chi connectivity index (χ0) is 19.0. The lowest BCUT2D eigenvalue weighted by molar-refractivity contribution is 0.0958. The zero-order valence-corrected chi connectivity index (χ0v) is 16.8. The standard InChI is InChI=1S/C20H21N3O2S2/c1-3-9-21-19(25)17-12-6-4-5-7-15(12)27-20(17)22-18(24)14-11-16-13(23(14)2)8-10-26-16/h3,8,10-11H,1,4-7,9H2,2H3,(H,21,25)(H,22,24). The second-order valence-electron chi connectivity index (χ2n) is 6.63. The predicted octanol–water partition coefficient (Wildman–Crippen LogP) is 4.35. The van der Waals surface area contributed by atoms with Crippen molar-refractivity contribution in [2.45, 2.75) is 25.7 Å². The smallest absolute Gasteiger partial charge is 0.272 e. The van der Waals surface area contributed by atoms with Gasteiger partial charge in [-0.3, -0.25) is 9.59 Å². The molecule has 0 atom stereocenters.